The Balaban J connectivity index is 1.60. The summed E-state index contributed by atoms with van der Waals surface area (Å²) in [6.45, 7) is 0. The number of benzene rings is 3. The fraction of sp³-hybridized carbons (Fsp3) is 0. The quantitative estimate of drug-likeness (QED) is 0.349. The van der Waals surface area contributed by atoms with Crippen LogP contribution in [0.4, 0.5) is 17.3 Å². The van der Waals surface area contributed by atoms with Crippen molar-refractivity contribution in [2.75, 3.05) is 4.90 Å². The molecule has 30 heavy (non-hydrogen) atoms. The Kier molecular flexibility index (Phi) is 4.80. The Morgan fingerprint density at radius 2 is 1.23 bits per heavy atom. The van der Waals surface area contributed by atoms with Gasteiger partial charge in [0.2, 0.25) is 0 Å². The van der Waals surface area contributed by atoms with Crippen LogP contribution in [0.25, 0.3) is 16.9 Å². The molecule has 2 heterocycles. The number of anilines is 3. The van der Waals surface area contributed by atoms with Gasteiger partial charge in [0.15, 0.2) is 5.82 Å². The SMILES string of the molecule is c1ccc(-c2cccc(N(c3ccccc3)c3ccn(-c4ccccc4)n3)n2)cc1. The summed E-state index contributed by atoms with van der Waals surface area (Å²) in [6, 6.07) is 38.6. The fourth-order valence-electron chi connectivity index (χ4n) is 3.43. The van der Waals surface area contributed by atoms with Gasteiger partial charge in [0.05, 0.1) is 11.4 Å². The molecule has 0 fully saturated rings. The Labute approximate surface area is 175 Å². The summed E-state index contributed by atoms with van der Waals surface area (Å²) in [7, 11) is 0. The van der Waals surface area contributed by atoms with Gasteiger partial charge in [0.25, 0.3) is 0 Å². The highest BCUT2D eigenvalue weighted by Gasteiger charge is 2.17. The zero-order valence-electron chi connectivity index (χ0n) is 16.3. The van der Waals surface area contributed by atoms with Gasteiger partial charge in [-0.3, -0.25) is 4.90 Å². The second-order valence-electron chi connectivity index (χ2n) is 6.87. The molecule has 0 radical (unpaired) electrons. The Hall–Kier alpha value is -4.18. The molecule has 4 heteroatoms. The van der Waals surface area contributed by atoms with Gasteiger partial charge < -0.3 is 0 Å². The van der Waals surface area contributed by atoms with E-state index in [-0.39, 0.29) is 0 Å². The molecule has 0 aliphatic rings. The van der Waals surface area contributed by atoms with E-state index in [4.69, 9.17) is 10.1 Å². The lowest BCUT2D eigenvalue weighted by Gasteiger charge is -2.22. The summed E-state index contributed by atoms with van der Waals surface area (Å²) in [5, 5.41) is 4.84. The van der Waals surface area contributed by atoms with Crippen molar-refractivity contribution in [1.29, 1.82) is 0 Å². The van der Waals surface area contributed by atoms with Crippen LogP contribution in [0.1, 0.15) is 0 Å². The molecule has 0 N–H and O–H groups in total. The number of pyridine rings is 1. The maximum absolute atomic E-state index is 4.95. The minimum absolute atomic E-state index is 0.808. The Morgan fingerprint density at radius 3 is 1.97 bits per heavy atom. The molecule has 0 unspecified atom stereocenters. The molecule has 0 amide bonds. The largest absolute Gasteiger partial charge is 0.278 e. The van der Waals surface area contributed by atoms with E-state index in [0.717, 1.165) is 34.3 Å². The van der Waals surface area contributed by atoms with Crippen LogP contribution in [-0.4, -0.2) is 14.8 Å². The van der Waals surface area contributed by atoms with E-state index >= 15 is 0 Å². The molecule has 3 aromatic carbocycles. The first-order valence-corrected chi connectivity index (χ1v) is 9.87. The van der Waals surface area contributed by atoms with Crippen LogP contribution in [0.5, 0.6) is 0 Å². The average molecular weight is 388 g/mol. The van der Waals surface area contributed by atoms with Crippen molar-refractivity contribution >= 4 is 17.3 Å². The van der Waals surface area contributed by atoms with Crippen molar-refractivity contribution in [3.05, 3.63) is 121 Å². The van der Waals surface area contributed by atoms with Gasteiger partial charge in [0, 0.05) is 23.5 Å². The fourth-order valence-corrected chi connectivity index (χ4v) is 3.43. The van der Waals surface area contributed by atoms with Crippen molar-refractivity contribution in [1.82, 2.24) is 14.8 Å². The third-order valence-corrected chi connectivity index (χ3v) is 4.87. The van der Waals surface area contributed by atoms with Crippen LogP contribution in [0, 0.1) is 0 Å². The summed E-state index contributed by atoms with van der Waals surface area (Å²) < 4.78 is 1.88. The highest BCUT2D eigenvalue weighted by atomic mass is 15.4. The minimum Gasteiger partial charge on any atom is -0.278 e. The Morgan fingerprint density at radius 1 is 0.567 bits per heavy atom. The molecule has 0 aliphatic heterocycles. The highest BCUT2D eigenvalue weighted by Crippen LogP contribution is 2.33. The van der Waals surface area contributed by atoms with E-state index in [1.54, 1.807) is 0 Å². The van der Waals surface area contributed by atoms with E-state index < -0.39 is 0 Å². The third kappa shape index (κ3) is 3.59. The number of para-hydroxylation sites is 2. The van der Waals surface area contributed by atoms with Crippen LogP contribution >= 0.6 is 0 Å². The monoisotopic (exact) mass is 388 g/mol. The van der Waals surface area contributed by atoms with Crippen molar-refractivity contribution in [2.24, 2.45) is 0 Å². The molecular weight excluding hydrogens is 368 g/mol. The molecule has 0 bridgehead atoms. The normalized spacial score (nSPS) is 10.7. The zero-order valence-corrected chi connectivity index (χ0v) is 16.3. The number of rotatable bonds is 5. The molecule has 4 nitrogen and oxygen atoms in total. The summed E-state index contributed by atoms with van der Waals surface area (Å²) in [4.78, 5) is 7.03. The van der Waals surface area contributed by atoms with Gasteiger partial charge >= 0.3 is 0 Å². The van der Waals surface area contributed by atoms with Crippen molar-refractivity contribution in [2.45, 2.75) is 0 Å². The topological polar surface area (TPSA) is 34.0 Å². The second kappa shape index (κ2) is 8.05. The standard InChI is InChI=1S/C26H20N4/c1-4-11-21(12-5-1)24-17-10-18-25(27-24)30(23-15-8-3-9-16-23)26-19-20-29(28-26)22-13-6-2-7-14-22/h1-20H. The Bertz CT molecular complexity index is 1230. The molecule has 5 rings (SSSR count). The lowest BCUT2D eigenvalue weighted by Crippen LogP contribution is -2.13. The number of nitrogens with zero attached hydrogens (tertiary/aromatic N) is 4. The zero-order chi connectivity index (χ0) is 20.2. The smallest absolute Gasteiger partial charge is 0.161 e. The van der Waals surface area contributed by atoms with Crippen LogP contribution < -0.4 is 4.90 Å². The molecular formula is C26H20N4. The van der Waals surface area contributed by atoms with Crippen LogP contribution in [0.15, 0.2) is 121 Å². The van der Waals surface area contributed by atoms with Crippen LogP contribution in [0.2, 0.25) is 0 Å². The summed E-state index contributed by atoms with van der Waals surface area (Å²) in [5.74, 6) is 1.63. The van der Waals surface area contributed by atoms with Gasteiger partial charge in [-0.15, -0.1) is 5.10 Å². The lowest BCUT2D eigenvalue weighted by atomic mass is 10.1. The van der Waals surface area contributed by atoms with Crippen molar-refractivity contribution in [3.8, 4) is 16.9 Å². The van der Waals surface area contributed by atoms with Gasteiger partial charge in [-0.05, 0) is 36.4 Å². The summed E-state index contributed by atoms with van der Waals surface area (Å²) in [5.41, 5.74) is 4.04. The maximum Gasteiger partial charge on any atom is 0.161 e. The molecule has 5 aromatic rings. The molecule has 0 saturated heterocycles. The first-order chi connectivity index (χ1) is 14.9. The minimum atomic E-state index is 0.808. The second-order valence-corrected chi connectivity index (χ2v) is 6.87. The number of aromatic nitrogens is 3. The summed E-state index contributed by atoms with van der Waals surface area (Å²) >= 11 is 0. The molecule has 0 spiro atoms. The van der Waals surface area contributed by atoms with E-state index in [2.05, 4.69) is 29.2 Å². The highest BCUT2D eigenvalue weighted by molar-refractivity contribution is 5.73. The molecule has 0 atom stereocenters. The maximum atomic E-state index is 4.95. The number of hydrogen-bond acceptors (Lipinski definition) is 3. The molecule has 2 aromatic heterocycles. The number of hydrogen-bond donors (Lipinski definition) is 0. The average Bonchev–Trinajstić information content (AvgIpc) is 3.31. The lowest BCUT2D eigenvalue weighted by molar-refractivity contribution is 0.874. The van der Waals surface area contributed by atoms with E-state index in [1.807, 2.05) is 102 Å². The van der Waals surface area contributed by atoms with Gasteiger partial charge in [-0.1, -0.05) is 72.8 Å². The molecule has 0 aliphatic carbocycles. The first-order valence-electron chi connectivity index (χ1n) is 9.87. The van der Waals surface area contributed by atoms with Crippen LogP contribution in [-0.2, 0) is 0 Å². The predicted molar refractivity (Wildman–Crippen MR) is 121 cm³/mol. The van der Waals surface area contributed by atoms with E-state index in [1.165, 1.54) is 0 Å². The van der Waals surface area contributed by atoms with Gasteiger partial charge in [-0.25, -0.2) is 9.67 Å². The first kappa shape index (κ1) is 17.9. The predicted octanol–water partition coefficient (Wildman–Crippen LogP) is 6.40. The van der Waals surface area contributed by atoms with Gasteiger partial charge in [0.1, 0.15) is 5.82 Å². The third-order valence-electron chi connectivity index (χ3n) is 4.87. The van der Waals surface area contributed by atoms with Crippen LogP contribution in [0.3, 0.4) is 0 Å². The summed E-state index contributed by atoms with van der Waals surface area (Å²) in [6.07, 6.45) is 1.97. The van der Waals surface area contributed by atoms with Crippen molar-refractivity contribution in [3.63, 3.8) is 0 Å². The van der Waals surface area contributed by atoms with Gasteiger partial charge in [-0.2, -0.15) is 0 Å². The van der Waals surface area contributed by atoms with E-state index in [9.17, 15) is 0 Å². The van der Waals surface area contributed by atoms with Crippen molar-refractivity contribution < 1.29 is 0 Å². The molecule has 0 saturated carbocycles. The molecule has 144 valence electrons. The van der Waals surface area contributed by atoms with E-state index in [0.29, 0.717) is 0 Å².